The number of ether oxygens (including phenoxy) is 1. The number of fused-ring (bicyclic) bond motifs is 1. The van der Waals surface area contributed by atoms with Gasteiger partial charge in [0.05, 0.1) is 23.5 Å². The van der Waals surface area contributed by atoms with Gasteiger partial charge >= 0.3 is 12.3 Å². The molecule has 0 saturated carbocycles. The minimum atomic E-state index is -4.62. The standard InChI is InChI=1S/C24H27F3N6O3/c1-15-13-29-17-12-19(31-8-10-32(11-9-31)22(35)36-23(2,3)4)21(34)33(20(17)30-15)14-18-16(24(25,26)27)6-5-7-28-18/h5-7,12-13H,8-11,14H2,1-4H3. The van der Waals surface area contributed by atoms with Crippen molar-refractivity contribution in [3.05, 3.63) is 57.9 Å². The largest absolute Gasteiger partial charge is 0.444 e. The third-order valence-corrected chi connectivity index (χ3v) is 5.67. The first kappa shape index (κ1) is 25.4. The molecule has 0 N–H and O–H groups in total. The molecule has 0 aliphatic carbocycles. The number of nitrogens with zero attached hydrogens (tertiary/aromatic N) is 6. The lowest BCUT2D eigenvalue weighted by Gasteiger charge is -2.36. The second-order valence-corrected chi connectivity index (χ2v) is 9.59. The number of halogens is 3. The van der Waals surface area contributed by atoms with Crippen molar-refractivity contribution in [1.82, 2.24) is 24.4 Å². The fraction of sp³-hybridized carbons (Fsp3) is 0.458. The molecule has 1 aliphatic rings. The number of rotatable bonds is 3. The molecule has 0 unspecified atom stereocenters. The van der Waals surface area contributed by atoms with Gasteiger partial charge in [-0.3, -0.25) is 19.3 Å². The number of carbonyl (C=O) groups is 1. The number of piperazine rings is 1. The Morgan fingerprint density at radius 1 is 1.11 bits per heavy atom. The van der Waals surface area contributed by atoms with Gasteiger partial charge in [0.25, 0.3) is 5.56 Å². The minimum Gasteiger partial charge on any atom is -0.444 e. The first-order chi connectivity index (χ1) is 16.8. The van der Waals surface area contributed by atoms with E-state index in [0.29, 0.717) is 37.4 Å². The maximum Gasteiger partial charge on any atom is 0.418 e. The van der Waals surface area contributed by atoms with Crippen molar-refractivity contribution < 1.29 is 22.7 Å². The summed E-state index contributed by atoms with van der Waals surface area (Å²) in [5, 5.41) is 0. The Morgan fingerprint density at radius 3 is 2.44 bits per heavy atom. The predicted octanol–water partition coefficient (Wildman–Crippen LogP) is 3.62. The molecule has 1 amide bonds. The van der Waals surface area contributed by atoms with Gasteiger partial charge in [-0.1, -0.05) is 0 Å². The van der Waals surface area contributed by atoms with E-state index in [1.165, 1.54) is 23.0 Å². The van der Waals surface area contributed by atoms with Crippen LogP contribution < -0.4 is 10.5 Å². The Balaban J connectivity index is 1.70. The number of carbonyl (C=O) groups excluding carboxylic acids is 1. The summed E-state index contributed by atoms with van der Waals surface area (Å²) in [6.45, 7) is 7.96. The second kappa shape index (κ2) is 9.40. The molecule has 3 aromatic heterocycles. The number of hydrogen-bond donors (Lipinski definition) is 0. The second-order valence-electron chi connectivity index (χ2n) is 9.59. The van der Waals surface area contributed by atoms with Crippen molar-refractivity contribution >= 4 is 22.9 Å². The molecule has 1 aliphatic heterocycles. The normalized spacial score (nSPS) is 14.9. The van der Waals surface area contributed by atoms with Crippen LogP contribution in [0.3, 0.4) is 0 Å². The Morgan fingerprint density at radius 2 is 1.81 bits per heavy atom. The molecule has 0 bridgehead atoms. The van der Waals surface area contributed by atoms with E-state index in [0.717, 1.165) is 6.07 Å². The molecule has 0 aromatic carbocycles. The molecule has 3 aromatic rings. The highest BCUT2D eigenvalue weighted by molar-refractivity contribution is 5.75. The fourth-order valence-electron chi connectivity index (χ4n) is 4.00. The molecule has 0 radical (unpaired) electrons. The van der Waals surface area contributed by atoms with Gasteiger partial charge in [0.15, 0.2) is 5.65 Å². The molecule has 12 heteroatoms. The molecule has 4 rings (SSSR count). The van der Waals surface area contributed by atoms with Crippen LogP contribution in [-0.4, -0.2) is 62.3 Å². The van der Waals surface area contributed by atoms with Crippen LogP contribution in [0.4, 0.5) is 23.7 Å². The highest BCUT2D eigenvalue weighted by Gasteiger charge is 2.34. The topological polar surface area (TPSA) is 93.5 Å². The van der Waals surface area contributed by atoms with Crippen molar-refractivity contribution in [3.63, 3.8) is 0 Å². The van der Waals surface area contributed by atoms with Gasteiger partial charge in [-0.25, -0.2) is 9.78 Å². The Bertz CT molecular complexity index is 1340. The molecule has 9 nitrogen and oxygen atoms in total. The van der Waals surface area contributed by atoms with Crippen molar-refractivity contribution in [2.75, 3.05) is 31.1 Å². The van der Waals surface area contributed by atoms with Gasteiger partial charge < -0.3 is 14.5 Å². The third kappa shape index (κ3) is 5.42. The van der Waals surface area contributed by atoms with Crippen LogP contribution in [0.15, 0.2) is 35.4 Å². The number of hydrogen-bond acceptors (Lipinski definition) is 7. The van der Waals surface area contributed by atoms with Crippen LogP contribution in [0, 0.1) is 6.92 Å². The fourth-order valence-corrected chi connectivity index (χ4v) is 4.00. The number of pyridine rings is 2. The van der Waals surface area contributed by atoms with Gasteiger partial charge in [0.1, 0.15) is 16.8 Å². The molecule has 0 atom stereocenters. The molecule has 192 valence electrons. The van der Waals surface area contributed by atoms with E-state index in [1.54, 1.807) is 43.6 Å². The third-order valence-electron chi connectivity index (χ3n) is 5.67. The van der Waals surface area contributed by atoms with Gasteiger partial charge in [-0.15, -0.1) is 0 Å². The van der Waals surface area contributed by atoms with Crippen molar-refractivity contribution in [2.24, 2.45) is 0 Å². The van der Waals surface area contributed by atoms with Crippen LogP contribution in [0.25, 0.3) is 11.2 Å². The Kier molecular flexibility index (Phi) is 6.63. The van der Waals surface area contributed by atoms with E-state index in [2.05, 4.69) is 15.0 Å². The maximum atomic E-state index is 13.6. The van der Waals surface area contributed by atoms with E-state index in [1.807, 2.05) is 0 Å². The molecule has 0 spiro atoms. The summed E-state index contributed by atoms with van der Waals surface area (Å²) >= 11 is 0. The van der Waals surface area contributed by atoms with Crippen molar-refractivity contribution in [3.8, 4) is 0 Å². The summed E-state index contributed by atoms with van der Waals surface area (Å²) < 4.78 is 47.4. The van der Waals surface area contributed by atoms with E-state index in [9.17, 15) is 22.8 Å². The average molecular weight is 505 g/mol. The zero-order valence-electron chi connectivity index (χ0n) is 20.5. The van der Waals surface area contributed by atoms with Gasteiger partial charge in [0.2, 0.25) is 0 Å². The summed E-state index contributed by atoms with van der Waals surface area (Å²) in [5.41, 5.74) is -1.00. The van der Waals surface area contributed by atoms with Crippen LogP contribution >= 0.6 is 0 Å². The zero-order chi connectivity index (χ0) is 26.3. The zero-order valence-corrected chi connectivity index (χ0v) is 20.5. The molecular weight excluding hydrogens is 477 g/mol. The van der Waals surface area contributed by atoms with E-state index < -0.39 is 35.5 Å². The lowest BCUT2D eigenvalue weighted by molar-refractivity contribution is -0.138. The highest BCUT2D eigenvalue weighted by Crippen LogP contribution is 2.31. The van der Waals surface area contributed by atoms with Gasteiger partial charge in [-0.05, 0) is 45.9 Å². The summed E-state index contributed by atoms with van der Waals surface area (Å²) in [7, 11) is 0. The van der Waals surface area contributed by atoms with Gasteiger partial charge in [0, 0.05) is 38.6 Å². The summed E-state index contributed by atoms with van der Waals surface area (Å²) in [5.74, 6) is 0. The minimum absolute atomic E-state index is 0.176. The number of anilines is 1. The molecule has 1 saturated heterocycles. The smallest absolute Gasteiger partial charge is 0.418 e. The van der Waals surface area contributed by atoms with Crippen LogP contribution in [0.2, 0.25) is 0 Å². The lowest BCUT2D eigenvalue weighted by atomic mass is 10.1. The first-order valence-electron chi connectivity index (χ1n) is 11.4. The summed E-state index contributed by atoms with van der Waals surface area (Å²) in [6, 6.07) is 3.73. The first-order valence-corrected chi connectivity index (χ1v) is 11.4. The molecule has 1 fully saturated rings. The van der Waals surface area contributed by atoms with Crippen LogP contribution in [-0.2, 0) is 17.5 Å². The molecule has 36 heavy (non-hydrogen) atoms. The van der Waals surface area contributed by atoms with Crippen LogP contribution in [0.5, 0.6) is 0 Å². The van der Waals surface area contributed by atoms with Gasteiger partial charge in [-0.2, -0.15) is 13.2 Å². The summed E-state index contributed by atoms with van der Waals surface area (Å²) in [6.07, 6.45) is -2.27. The maximum absolute atomic E-state index is 13.6. The Hall–Kier alpha value is -3.70. The van der Waals surface area contributed by atoms with E-state index >= 15 is 0 Å². The SMILES string of the molecule is Cc1cnc2cc(N3CCN(C(=O)OC(C)(C)C)CC3)c(=O)n(Cc3ncccc3C(F)(F)F)c2n1. The van der Waals surface area contributed by atoms with Crippen molar-refractivity contribution in [2.45, 2.75) is 46.0 Å². The van der Waals surface area contributed by atoms with E-state index in [4.69, 9.17) is 4.74 Å². The monoisotopic (exact) mass is 504 g/mol. The summed E-state index contributed by atoms with van der Waals surface area (Å²) in [4.78, 5) is 42.0. The Labute approximate surface area is 205 Å². The van der Waals surface area contributed by atoms with Crippen LogP contribution in [0.1, 0.15) is 37.7 Å². The number of alkyl halides is 3. The van der Waals surface area contributed by atoms with E-state index in [-0.39, 0.29) is 17.0 Å². The number of aromatic nitrogens is 4. The number of amides is 1. The number of aryl methyl sites for hydroxylation is 1. The predicted molar refractivity (Wildman–Crippen MR) is 127 cm³/mol. The quantitative estimate of drug-likeness (QED) is 0.538. The lowest BCUT2D eigenvalue weighted by Crippen LogP contribution is -2.51. The molecular formula is C24H27F3N6O3. The molecule has 4 heterocycles. The average Bonchev–Trinajstić information content (AvgIpc) is 2.79. The van der Waals surface area contributed by atoms with Crippen molar-refractivity contribution in [1.29, 1.82) is 0 Å². The highest BCUT2D eigenvalue weighted by atomic mass is 19.4.